The van der Waals surface area contributed by atoms with E-state index in [9.17, 15) is 8.42 Å². The summed E-state index contributed by atoms with van der Waals surface area (Å²) < 4.78 is 38.5. The summed E-state index contributed by atoms with van der Waals surface area (Å²) in [5.41, 5.74) is 0.924. The van der Waals surface area contributed by atoms with Crippen molar-refractivity contribution in [3.63, 3.8) is 0 Å². The summed E-state index contributed by atoms with van der Waals surface area (Å²) in [7, 11) is -0.156. The van der Waals surface area contributed by atoms with E-state index in [1.807, 2.05) is 31.2 Å². The Bertz CT molecular complexity index is 856. The van der Waals surface area contributed by atoms with E-state index in [0.717, 1.165) is 28.5 Å². The molecule has 0 N–H and O–H groups in total. The smallest absolute Gasteiger partial charge is 0.252 e. The number of aryl methyl sites for hydroxylation is 1. The third kappa shape index (κ3) is 3.67. The van der Waals surface area contributed by atoms with Crippen molar-refractivity contribution in [1.82, 2.24) is 4.31 Å². The van der Waals surface area contributed by atoms with E-state index < -0.39 is 10.0 Å². The fourth-order valence-electron chi connectivity index (χ4n) is 3.03. The van der Waals surface area contributed by atoms with Gasteiger partial charge in [0.05, 0.1) is 19.9 Å². The number of nitrogens with zero attached hydrogens (tertiary/aromatic N) is 2. The second-order valence-corrected chi connectivity index (χ2v) is 9.34. The lowest BCUT2D eigenvalue weighted by atomic mass is 10.2. The van der Waals surface area contributed by atoms with Gasteiger partial charge in [0.25, 0.3) is 10.0 Å². The van der Waals surface area contributed by atoms with E-state index in [1.165, 1.54) is 11.3 Å². The molecule has 0 amide bonds. The van der Waals surface area contributed by atoms with Crippen molar-refractivity contribution in [3.8, 4) is 11.5 Å². The maximum absolute atomic E-state index is 12.9. The quantitative estimate of drug-likeness (QED) is 0.751. The zero-order valence-electron chi connectivity index (χ0n) is 15.3. The van der Waals surface area contributed by atoms with Crippen LogP contribution in [0, 0.1) is 0 Å². The zero-order valence-corrected chi connectivity index (χ0v) is 16.9. The number of anilines is 1. The van der Waals surface area contributed by atoms with Crippen molar-refractivity contribution in [2.24, 2.45) is 0 Å². The number of benzene rings is 1. The topological polar surface area (TPSA) is 59.1 Å². The second kappa shape index (κ2) is 7.85. The fourth-order valence-corrected chi connectivity index (χ4v) is 5.90. The Kier molecular flexibility index (Phi) is 5.74. The average molecular weight is 397 g/mol. The molecule has 8 heteroatoms. The largest absolute Gasteiger partial charge is 0.497 e. The Balaban J connectivity index is 1.75. The van der Waals surface area contributed by atoms with Crippen LogP contribution in [-0.2, 0) is 16.4 Å². The van der Waals surface area contributed by atoms with Gasteiger partial charge < -0.3 is 14.4 Å². The van der Waals surface area contributed by atoms with Gasteiger partial charge in [0.15, 0.2) is 0 Å². The minimum atomic E-state index is -3.42. The van der Waals surface area contributed by atoms with Crippen LogP contribution in [0.15, 0.2) is 34.5 Å². The Labute approximate surface area is 159 Å². The normalized spacial score (nSPS) is 15.9. The number of ether oxygens (including phenoxy) is 2. The van der Waals surface area contributed by atoms with Gasteiger partial charge in [-0.2, -0.15) is 4.31 Å². The van der Waals surface area contributed by atoms with E-state index in [-0.39, 0.29) is 0 Å². The SMILES string of the molecule is CCc1ccc(S(=O)(=O)N2CCN(c3cc(OC)ccc3OC)CC2)s1. The molecule has 0 radical (unpaired) electrons. The van der Waals surface area contributed by atoms with Gasteiger partial charge in [0.2, 0.25) is 0 Å². The molecule has 26 heavy (non-hydrogen) atoms. The molecule has 3 rings (SSSR count). The Morgan fingerprint density at radius 1 is 1.04 bits per heavy atom. The van der Waals surface area contributed by atoms with E-state index in [2.05, 4.69) is 4.90 Å². The molecule has 0 atom stereocenters. The van der Waals surface area contributed by atoms with Crippen LogP contribution in [0.25, 0.3) is 0 Å². The molecule has 1 aromatic carbocycles. The van der Waals surface area contributed by atoms with Gasteiger partial charge in [-0.15, -0.1) is 11.3 Å². The molecule has 0 saturated carbocycles. The van der Waals surface area contributed by atoms with Crippen LogP contribution < -0.4 is 14.4 Å². The molecule has 2 aromatic rings. The molecule has 0 aliphatic carbocycles. The third-order valence-electron chi connectivity index (χ3n) is 4.54. The van der Waals surface area contributed by atoms with Crippen molar-refractivity contribution in [1.29, 1.82) is 0 Å². The molecular formula is C18H24N2O4S2. The van der Waals surface area contributed by atoms with Crippen molar-refractivity contribution in [3.05, 3.63) is 35.2 Å². The van der Waals surface area contributed by atoms with Crippen molar-refractivity contribution in [2.45, 2.75) is 17.6 Å². The highest BCUT2D eigenvalue weighted by Gasteiger charge is 2.30. The van der Waals surface area contributed by atoms with Crippen LogP contribution in [0.5, 0.6) is 11.5 Å². The Hall–Kier alpha value is -1.77. The number of rotatable bonds is 6. The first kappa shape index (κ1) is 19.0. The summed E-state index contributed by atoms with van der Waals surface area (Å²) in [5, 5.41) is 0. The summed E-state index contributed by atoms with van der Waals surface area (Å²) in [6, 6.07) is 9.27. The maximum Gasteiger partial charge on any atom is 0.252 e. The molecule has 0 bridgehead atoms. The van der Waals surface area contributed by atoms with Crippen LogP contribution in [0.1, 0.15) is 11.8 Å². The standard InChI is InChI=1S/C18H24N2O4S2/c1-4-15-6-8-18(25-15)26(21,22)20-11-9-19(10-12-20)16-13-14(23-2)5-7-17(16)24-3/h5-8,13H,4,9-12H2,1-3H3. The Morgan fingerprint density at radius 2 is 1.77 bits per heavy atom. The predicted molar refractivity (Wildman–Crippen MR) is 104 cm³/mol. The average Bonchev–Trinajstić information content (AvgIpc) is 3.17. The summed E-state index contributed by atoms with van der Waals surface area (Å²) in [6.07, 6.45) is 0.851. The molecule has 1 aliphatic rings. The molecule has 0 unspecified atom stereocenters. The number of piperazine rings is 1. The van der Waals surface area contributed by atoms with E-state index >= 15 is 0 Å². The van der Waals surface area contributed by atoms with Crippen LogP contribution in [0.4, 0.5) is 5.69 Å². The highest BCUT2D eigenvalue weighted by atomic mass is 32.2. The summed E-state index contributed by atoms with van der Waals surface area (Å²) in [4.78, 5) is 3.22. The number of methoxy groups -OCH3 is 2. The summed E-state index contributed by atoms with van der Waals surface area (Å²) in [6.45, 7) is 4.14. The van der Waals surface area contributed by atoms with Gasteiger partial charge in [-0.25, -0.2) is 8.42 Å². The van der Waals surface area contributed by atoms with Gasteiger partial charge in [-0.05, 0) is 30.7 Å². The molecule has 1 saturated heterocycles. The molecule has 2 heterocycles. The lowest BCUT2D eigenvalue weighted by Gasteiger charge is -2.35. The van der Waals surface area contributed by atoms with Gasteiger partial charge in [-0.3, -0.25) is 0 Å². The lowest BCUT2D eigenvalue weighted by molar-refractivity contribution is 0.377. The molecule has 142 valence electrons. The monoisotopic (exact) mass is 396 g/mol. The summed E-state index contributed by atoms with van der Waals surface area (Å²) in [5.74, 6) is 1.51. The van der Waals surface area contributed by atoms with Gasteiger partial charge in [-0.1, -0.05) is 6.92 Å². The van der Waals surface area contributed by atoms with Gasteiger partial charge in [0.1, 0.15) is 15.7 Å². The lowest BCUT2D eigenvalue weighted by Crippen LogP contribution is -2.48. The van der Waals surface area contributed by atoms with Crippen molar-refractivity contribution < 1.29 is 17.9 Å². The van der Waals surface area contributed by atoms with Crippen LogP contribution in [0.2, 0.25) is 0 Å². The van der Waals surface area contributed by atoms with Crippen LogP contribution >= 0.6 is 11.3 Å². The van der Waals surface area contributed by atoms with E-state index in [1.54, 1.807) is 24.6 Å². The number of thiophene rings is 1. The molecule has 1 aliphatic heterocycles. The number of hydrogen-bond acceptors (Lipinski definition) is 6. The molecule has 1 fully saturated rings. The van der Waals surface area contributed by atoms with Crippen LogP contribution in [-0.4, -0.2) is 53.1 Å². The number of hydrogen-bond donors (Lipinski definition) is 0. The van der Waals surface area contributed by atoms with E-state index in [0.29, 0.717) is 30.4 Å². The predicted octanol–water partition coefficient (Wildman–Crippen LogP) is 2.84. The fraction of sp³-hybridized carbons (Fsp3) is 0.444. The molecular weight excluding hydrogens is 372 g/mol. The zero-order chi connectivity index (χ0) is 18.7. The van der Waals surface area contributed by atoms with Crippen molar-refractivity contribution in [2.75, 3.05) is 45.3 Å². The Morgan fingerprint density at radius 3 is 2.35 bits per heavy atom. The molecule has 1 aromatic heterocycles. The second-order valence-electron chi connectivity index (χ2n) is 6.00. The van der Waals surface area contributed by atoms with Gasteiger partial charge >= 0.3 is 0 Å². The summed E-state index contributed by atoms with van der Waals surface area (Å²) >= 11 is 1.36. The molecule has 6 nitrogen and oxygen atoms in total. The van der Waals surface area contributed by atoms with Gasteiger partial charge in [0, 0.05) is 37.1 Å². The number of sulfonamides is 1. The minimum absolute atomic E-state index is 0.432. The first-order chi connectivity index (χ1) is 12.5. The minimum Gasteiger partial charge on any atom is -0.497 e. The third-order valence-corrected chi connectivity index (χ3v) is 8.14. The molecule has 0 spiro atoms. The van der Waals surface area contributed by atoms with Crippen LogP contribution in [0.3, 0.4) is 0 Å². The first-order valence-corrected chi connectivity index (χ1v) is 10.8. The van der Waals surface area contributed by atoms with E-state index in [4.69, 9.17) is 9.47 Å². The highest BCUT2D eigenvalue weighted by Crippen LogP contribution is 2.34. The van der Waals surface area contributed by atoms with Crippen molar-refractivity contribution >= 4 is 27.0 Å². The maximum atomic E-state index is 12.9. The first-order valence-electron chi connectivity index (χ1n) is 8.55. The highest BCUT2D eigenvalue weighted by molar-refractivity contribution is 7.91.